The van der Waals surface area contributed by atoms with Crippen LogP contribution in [0, 0.1) is 0 Å². The Morgan fingerprint density at radius 1 is 1.18 bits per heavy atom. The van der Waals surface area contributed by atoms with Crippen molar-refractivity contribution >= 4 is 11.8 Å². The Balaban J connectivity index is 1.95. The number of oxime groups is 1. The minimum Gasteiger partial charge on any atom is -0.506 e. The van der Waals surface area contributed by atoms with Gasteiger partial charge in [0.25, 0.3) is 0 Å². The number of hydrogen-bond acceptors (Lipinski definition) is 7. The number of phenolic OH excluding ortho intramolecular Hbond substituents is 1. The second-order valence-electron chi connectivity index (χ2n) is 9.04. The van der Waals surface area contributed by atoms with Gasteiger partial charge >= 0.3 is 0 Å². The van der Waals surface area contributed by atoms with E-state index < -0.39 is 17.8 Å². The molecule has 0 radical (unpaired) electrons. The lowest BCUT2D eigenvalue weighted by Crippen LogP contribution is -2.38. The summed E-state index contributed by atoms with van der Waals surface area (Å²) in [5.74, 6) is 1.35. The number of ether oxygens (including phenoxy) is 3. The maximum atomic E-state index is 11.2. The van der Waals surface area contributed by atoms with Gasteiger partial charge in [0, 0.05) is 5.56 Å². The molecular weight excluding hydrogens is 422 g/mol. The molecule has 0 unspecified atom stereocenters. The van der Waals surface area contributed by atoms with Crippen LogP contribution < -0.4 is 14.2 Å². The number of aliphatic hydroxyl groups is 1. The Bertz CT molecular complexity index is 1160. The molecule has 7 nitrogen and oxygen atoms in total. The van der Waals surface area contributed by atoms with Gasteiger partial charge in [-0.05, 0) is 64.0 Å². The monoisotopic (exact) mass is 451 g/mol. The van der Waals surface area contributed by atoms with Crippen molar-refractivity contribution in [2.45, 2.75) is 51.9 Å². The molecule has 0 bridgehead atoms. The Morgan fingerprint density at radius 2 is 1.88 bits per heavy atom. The molecule has 0 amide bonds. The first kappa shape index (κ1) is 22.7. The second kappa shape index (κ2) is 8.48. The molecule has 4 rings (SSSR count). The van der Waals surface area contributed by atoms with Crippen molar-refractivity contribution in [1.82, 2.24) is 0 Å². The summed E-state index contributed by atoms with van der Waals surface area (Å²) in [5, 5.41) is 35.4. The van der Waals surface area contributed by atoms with E-state index in [-0.39, 0.29) is 17.0 Å². The number of methoxy groups -OCH3 is 1. The number of aromatic hydroxyl groups is 1. The first-order chi connectivity index (χ1) is 15.7. The number of rotatable bonds is 4. The van der Waals surface area contributed by atoms with Crippen LogP contribution in [0.5, 0.6) is 23.0 Å². The molecule has 7 heteroatoms. The molecular formula is C26H29NO6. The van der Waals surface area contributed by atoms with Gasteiger partial charge in [-0.3, -0.25) is 0 Å². The predicted molar refractivity (Wildman–Crippen MR) is 126 cm³/mol. The summed E-state index contributed by atoms with van der Waals surface area (Å²) >= 11 is 0. The summed E-state index contributed by atoms with van der Waals surface area (Å²) < 4.78 is 17.8. The van der Waals surface area contributed by atoms with E-state index in [9.17, 15) is 15.4 Å². The summed E-state index contributed by atoms with van der Waals surface area (Å²) in [6.07, 6.45) is 3.99. The third-order valence-corrected chi connectivity index (χ3v) is 5.86. The standard InChI is InChI=1S/C26H29NO6/c1-14(2)6-11-18-24-17(12-13-26(3,4)33-24)21(28)19-20(27-30)22(29)23(32-25(18)19)15-7-9-16(31-5)10-8-15/h6-10,12-13,22-23,28-30H,11H2,1-5H3/b27-20-/t22-,23+/m0/s1. The van der Waals surface area contributed by atoms with Crippen LogP contribution >= 0.6 is 0 Å². The summed E-state index contributed by atoms with van der Waals surface area (Å²) in [7, 11) is 1.57. The summed E-state index contributed by atoms with van der Waals surface area (Å²) in [6, 6.07) is 7.09. The van der Waals surface area contributed by atoms with Gasteiger partial charge in [-0.15, -0.1) is 0 Å². The van der Waals surface area contributed by atoms with Crippen LogP contribution in [0.15, 0.2) is 47.1 Å². The van der Waals surface area contributed by atoms with Crippen LogP contribution in [0.1, 0.15) is 56.1 Å². The normalized spacial score (nSPS) is 21.5. The van der Waals surface area contributed by atoms with Gasteiger partial charge in [0.1, 0.15) is 40.4 Å². The van der Waals surface area contributed by atoms with Gasteiger partial charge in [0.05, 0.1) is 18.2 Å². The van der Waals surface area contributed by atoms with Gasteiger partial charge in [0.2, 0.25) is 0 Å². The summed E-state index contributed by atoms with van der Waals surface area (Å²) in [6.45, 7) is 7.85. The van der Waals surface area contributed by atoms with E-state index in [2.05, 4.69) is 5.16 Å². The number of allylic oxidation sites excluding steroid dienone is 2. The minimum atomic E-state index is -1.30. The van der Waals surface area contributed by atoms with Crippen molar-refractivity contribution in [1.29, 1.82) is 0 Å². The maximum absolute atomic E-state index is 11.2. The molecule has 2 heterocycles. The highest BCUT2D eigenvalue weighted by Gasteiger charge is 2.42. The lowest BCUT2D eigenvalue weighted by atomic mass is 9.86. The van der Waals surface area contributed by atoms with Crippen LogP contribution in [-0.2, 0) is 6.42 Å². The van der Waals surface area contributed by atoms with Crippen molar-refractivity contribution in [2.75, 3.05) is 7.11 Å². The quantitative estimate of drug-likeness (QED) is 0.352. The predicted octanol–water partition coefficient (Wildman–Crippen LogP) is 4.77. The van der Waals surface area contributed by atoms with E-state index in [1.165, 1.54) is 0 Å². The topological polar surface area (TPSA) is 101 Å². The molecule has 174 valence electrons. The molecule has 0 saturated heterocycles. The lowest BCUT2D eigenvalue weighted by molar-refractivity contribution is 0.0666. The highest BCUT2D eigenvalue weighted by molar-refractivity contribution is 6.10. The van der Waals surface area contributed by atoms with Crippen LogP contribution in [-0.4, -0.2) is 39.9 Å². The molecule has 2 aliphatic heterocycles. The molecule has 2 aliphatic rings. The zero-order valence-corrected chi connectivity index (χ0v) is 19.4. The fourth-order valence-electron chi connectivity index (χ4n) is 4.11. The number of fused-ring (bicyclic) bond motifs is 2. The van der Waals surface area contributed by atoms with Crippen molar-refractivity contribution in [3.8, 4) is 23.0 Å². The third-order valence-electron chi connectivity index (χ3n) is 5.86. The number of nitrogens with zero attached hydrogens (tertiary/aromatic N) is 1. The van der Waals surface area contributed by atoms with Gasteiger partial charge in [-0.2, -0.15) is 0 Å². The van der Waals surface area contributed by atoms with E-state index in [4.69, 9.17) is 14.2 Å². The van der Waals surface area contributed by atoms with Crippen LogP contribution in [0.3, 0.4) is 0 Å². The molecule has 0 saturated carbocycles. The van der Waals surface area contributed by atoms with Crippen molar-refractivity contribution in [3.63, 3.8) is 0 Å². The first-order valence-electron chi connectivity index (χ1n) is 10.8. The first-order valence-corrected chi connectivity index (χ1v) is 10.8. The largest absolute Gasteiger partial charge is 0.506 e. The van der Waals surface area contributed by atoms with E-state index in [0.717, 1.165) is 5.57 Å². The number of phenols is 1. The van der Waals surface area contributed by atoms with Gasteiger partial charge < -0.3 is 29.6 Å². The smallest absolute Gasteiger partial charge is 0.155 e. The average Bonchev–Trinajstić information content (AvgIpc) is 2.78. The van der Waals surface area contributed by atoms with Crippen molar-refractivity contribution in [3.05, 3.63) is 64.2 Å². The van der Waals surface area contributed by atoms with Gasteiger partial charge in [-0.25, -0.2) is 0 Å². The van der Waals surface area contributed by atoms with Crippen molar-refractivity contribution < 1.29 is 29.6 Å². The minimum absolute atomic E-state index is 0.0611. The molecule has 0 fully saturated rings. The average molecular weight is 452 g/mol. The molecule has 3 N–H and O–H groups in total. The zero-order chi connectivity index (χ0) is 23.9. The Morgan fingerprint density at radius 3 is 2.48 bits per heavy atom. The number of aliphatic hydroxyl groups excluding tert-OH is 1. The third kappa shape index (κ3) is 4.04. The molecule has 33 heavy (non-hydrogen) atoms. The Kier molecular flexibility index (Phi) is 5.84. The number of benzene rings is 2. The molecule has 0 aliphatic carbocycles. The summed E-state index contributed by atoms with van der Waals surface area (Å²) in [5.41, 5.74) is 2.47. The van der Waals surface area contributed by atoms with Crippen LogP contribution in [0.25, 0.3) is 6.08 Å². The lowest BCUT2D eigenvalue weighted by Gasteiger charge is -2.36. The fraction of sp³-hybridized carbons (Fsp3) is 0.346. The van der Waals surface area contributed by atoms with Gasteiger partial charge in [0.15, 0.2) is 6.10 Å². The molecule has 0 spiro atoms. The van der Waals surface area contributed by atoms with E-state index >= 15 is 0 Å². The molecule has 2 atom stereocenters. The second-order valence-corrected chi connectivity index (χ2v) is 9.04. The fourth-order valence-corrected chi connectivity index (χ4v) is 4.11. The number of hydrogen-bond donors (Lipinski definition) is 3. The van der Waals surface area contributed by atoms with E-state index in [1.54, 1.807) is 37.5 Å². The van der Waals surface area contributed by atoms with E-state index in [0.29, 0.717) is 40.4 Å². The van der Waals surface area contributed by atoms with Gasteiger partial charge in [-0.1, -0.05) is 28.9 Å². The van der Waals surface area contributed by atoms with E-state index in [1.807, 2.05) is 39.8 Å². The molecule has 0 aromatic heterocycles. The zero-order valence-electron chi connectivity index (χ0n) is 19.4. The van der Waals surface area contributed by atoms with Crippen LogP contribution in [0.4, 0.5) is 0 Å². The van der Waals surface area contributed by atoms with Crippen molar-refractivity contribution in [2.24, 2.45) is 5.16 Å². The van der Waals surface area contributed by atoms with Crippen LogP contribution in [0.2, 0.25) is 0 Å². The highest BCUT2D eigenvalue weighted by Crippen LogP contribution is 2.51. The Hall–Kier alpha value is -3.45. The molecule has 2 aromatic carbocycles. The maximum Gasteiger partial charge on any atom is 0.155 e. The highest BCUT2D eigenvalue weighted by atomic mass is 16.5. The SMILES string of the molecule is COc1ccc([C@H]2Oc3c(CC=C(C)C)c4c(c(O)c3/C(=N/O)[C@@H]2O)C=CC(C)(C)O4)cc1. The Labute approximate surface area is 193 Å². The molecule has 2 aromatic rings. The summed E-state index contributed by atoms with van der Waals surface area (Å²) in [4.78, 5) is 0.